The number of anilines is 1. The molecule has 2 aromatic carbocycles. The minimum absolute atomic E-state index is 0.169. The molecule has 184 valence electrons. The summed E-state index contributed by atoms with van der Waals surface area (Å²) in [6, 6.07) is 12.3. The van der Waals surface area contributed by atoms with Crippen LogP contribution in [-0.4, -0.2) is 31.4 Å². The second kappa shape index (κ2) is 8.75. The minimum Gasteiger partial charge on any atom is -0.324 e. The van der Waals surface area contributed by atoms with Gasteiger partial charge in [0.25, 0.3) is 0 Å². The number of carbonyl (C=O) groups excluding carboxylic acids is 2. The average Bonchev–Trinajstić information content (AvgIpc) is 3.40. The number of fused-ring (bicyclic) bond motifs is 1. The first-order valence-corrected chi connectivity index (χ1v) is 11.7. The molecular weight excluding hydrogens is 459 g/mol. The Morgan fingerprint density at radius 1 is 1.17 bits per heavy atom. The molecule has 1 aliphatic carbocycles. The van der Waals surface area contributed by atoms with Gasteiger partial charge in [-0.3, -0.25) is 14.8 Å². The maximum absolute atomic E-state index is 14.1. The van der Waals surface area contributed by atoms with Gasteiger partial charge in [-0.05, 0) is 47.7 Å². The highest BCUT2D eigenvalue weighted by Gasteiger charge is 2.39. The molecule has 1 atom stereocenters. The van der Waals surface area contributed by atoms with Gasteiger partial charge in [-0.2, -0.15) is 10.2 Å². The first-order chi connectivity index (χ1) is 17.1. The van der Waals surface area contributed by atoms with E-state index in [1.807, 2.05) is 64.3 Å². The maximum atomic E-state index is 14.1. The molecule has 4 aromatic rings. The number of amides is 2. The van der Waals surface area contributed by atoms with E-state index >= 15 is 0 Å². The van der Waals surface area contributed by atoms with E-state index in [4.69, 9.17) is 5.10 Å². The second-order valence-corrected chi connectivity index (χ2v) is 9.76. The van der Waals surface area contributed by atoms with Gasteiger partial charge in [0.1, 0.15) is 23.4 Å². The molecule has 2 amide bonds. The number of carbonyl (C=O) groups is 2. The fourth-order valence-electron chi connectivity index (χ4n) is 4.84. The van der Waals surface area contributed by atoms with Crippen molar-refractivity contribution in [2.45, 2.75) is 38.6 Å². The summed E-state index contributed by atoms with van der Waals surface area (Å²) in [7, 11) is 1.82. The van der Waals surface area contributed by atoms with Crippen molar-refractivity contribution in [2.75, 3.05) is 5.32 Å². The van der Waals surface area contributed by atoms with Crippen molar-refractivity contribution in [3.8, 4) is 16.9 Å². The number of aryl methyl sites for hydroxylation is 1. The summed E-state index contributed by atoms with van der Waals surface area (Å²) in [6.45, 7) is 5.75. The Hall–Kier alpha value is -4.27. The average molecular weight is 487 g/mol. The highest BCUT2D eigenvalue weighted by molar-refractivity contribution is 5.97. The van der Waals surface area contributed by atoms with E-state index in [0.717, 1.165) is 22.4 Å². The molecule has 0 bridgehead atoms. The van der Waals surface area contributed by atoms with Crippen molar-refractivity contribution in [1.82, 2.24) is 24.9 Å². The molecule has 5 rings (SSSR count). The van der Waals surface area contributed by atoms with Crippen molar-refractivity contribution in [3.63, 3.8) is 0 Å². The number of hydrogen-bond donors (Lipinski definition) is 2. The molecule has 2 aromatic heterocycles. The van der Waals surface area contributed by atoms with E-state index < -0.39 is 23.3 Å². The minimum atomic E-state index is -0.949. The largest absolute Gasteiger partial charge is 0.324 e. The lowest BCUT2D eigenvalue weighted by molar-refractivity contribution is -0.122. The molecule has 0 saturated carbocycles. The van der Waals surface area contributed by atoms with Gasteiger partial charge in [0.05, 0.1) is 11.9 Å². The SMILES string of the molecule is Cc1c(-c2cnn(C)c2)nn(-c2ccccc2)c1NC(=O)NC1C(=O)CC(C)(C)c2ccc(F)cc21. The van der Waals surface area contributed by atoms with Gasteiger partial charge in [-0.25, -0.2) is 13.9 Å². The molecule has 2 heterocycles. The van der Waals surface area contributed by atoms with Crippen LogP contribution in [0.1, 0.15) is 43.0 Å². The molecule has 0 spiro atoms. The topological polar surface area (TPSA) is 93.8 Å². The Bertz CT molecular complexity index is 1470. The van der Waals surface area contributed by atoms with E-state index in [1.54, 1.807) is 21.6 Å². The third-order valence-corrected chi connectivity index (χ3v) is 6.60. The number of benzene rings is 2. The van der Waals surface area contributed by atoms with Crippen molar-refractivity contribution in [1.29, 1.82) is 0 Å². The molecule has 0 fully saturated rings. The summed E-state index contributed by atoms with van der Waals surface area (Å²) in [4.78, 5) is 26.3. The fraction of sp³-hybridized carbons (Fsp3) is 0.259. The summed E-state index contributed by atoms with van der Waals surface area (Å²) < 4.78 is 17.5. The number of para-hydroxylation sites is 1. The lowest BCUT2D eigenvalue weighted by Gasteiger charge is -2.36. The van der Waals surface area contributed by atoms with Crippen molar-refractivity contribution < 1.29 is 14.0 Å². The number of rotatable bonds is 4. The molecule has 9 heteroatoms. The molecule has 1 aliphatic rings. The summed E-state index contributed by atoms with van der Waals surface area (Å²) in [5, 5.41) is 14.6. The lowest BCUT2D eigenvalue weighted by atomic mass is 9.70. The van der Waals surface area contributed by atoms with Crippen LogP contribution in [0.15, 0.2) is 60.9 Å². The summed E-state index contributed by atoms with van der Waals surface area (Å²) in [5.74, 6) is -0.163. The van der Waals surface area contributed by atoms with Gasteiger partial charge in [-0.15, -0.1) is 0 Å². The Labute approximate surface area is 208 Å². The molecular formula is C27H27FN6O2. The molecule has 0 aliphatic heterocycles. The van der Waals surface area contributed by atoms with Gasteiger partial charge in [0.15, 0.2) is 5.78 Å². The zero-order valence-electron chi connectivity index (χ0n) is 20.5. The smallest absolute Gasteiger partial charge is 0.321 e. The third kappa shape index (κ3) is 4.17. The molecule has 1 unspecified atom stereocenters. The highest BCUT2D eigenvalue weighted by atomic mass is 19.1. The first kappa shape index (κ1) is 23.5. The predicted molar refractivity (Wildman–Crippen MR) is 134 cm³/mol. The zero-order valence-corrected chi connectivity index (χ0v) is 20.5. The Morgan fingerprint density at radius 3 is 2.61 bits per heavy atom. The maximum Gasteiger partial charge on any atom is 0.321 e. The van der Waals surface area contributed by atoms with Gasteiger partial charge >= 0.3 is 6.03 Å². The van der Waals surface area contributed by atoms with Crippen molar-refractivity contribution in [3.05, 3.63) is 83.4 Å². The van der Waals surface area contributed by atoms with Crippen LogP contribution in [0.2, 0.25) is 0 Å². The molecule has 0 saturated heterocycles. The van der Waals surface area contributed by atoms with Gasteiger partial charge in [-0.1, -0.05) is 38.1 Å². The first-order valence-electron chi connectivity index (χ1n) is 11.7. The summed E-state index contributed by atoms with van der Waals surface area (Å²) in [5.41, 5.74) is 3.86. The third-order valence-electron chi connectivity index (χ3n) is 6.60. The number of urea groups is 1. The second-order valence-electron chi connectivity index (χ2n) is 9.76. The number of ketones is 1. The van der Waals surface area contributed by atoms with Crippen LogP contribution in [0, 0.1) is 12.7 Å². The van der Waals surface area contributed by atoms with E-state index in [2.05, 4.69) is 15.7 Å². The van der Waals surface area contributed by atoms with Crippen LogP contribution in [-0.2, 0) is 17.3 Å². The van der Waals surface area contributed by atoms with Gasteiger partial charge in [0, 0.05) is 30.8 Å². The number of nitrogens with one attached hydrogen (secondary N) is 2. The monoisotopic (exact) mass is 486 g/mol. The number of hydrogen-bond acceptors (Lipinski definition) is 4. The van der Waals surface area contributed by atoms with E-state index in [-0.39, 0.29) is 12.2 Å². The summed E-state index contributed by atoms with van der Waals surface area (Å²) in [6.07, 6.45) is 3.80. The number of halogens is 1. The van der Waals surface area contributed by atoms with E-state index in [1.165, 1.54) is 12.1 Å². The van der Waals surface area contributed by atoms with Crippen LogP contribution < -0.4 is 10.6 Å². The Kier molecular flexibility index (Phi) is 5.70. The summed E-state index contributed by atoms with van der Waals surface area (Å²) >= 11 is 0. The van der Waals surface area contributed by atoms with Crippen molar-refractivity contribution >= 4 is 17.6 Å². The fourth-order valence-corrected chi connectivity index (χ4v) is 4.84. The number of nitrogens with zero attached hydrogens (tertiary/aromatic N) is 4. The molecule has 8 nitrogen and oxygen atoms in total. The van der Waals surface area contributed by atoms with Crippen LogP contribution in [0.5, 0.6) is 0 Å². The molecule has 2 N–H and O–H groups in total. The van der Waals surface area contributed by atoms with Crippen LogP contribution in [0.3, 0.4) is 0 Å². The quantitative estimate of drug-likeness (QED) is 0.432. The van der Waals surface area contributed by atoms with Gasteiger partial charge in [0.2, 0.25) is 0 Å². The van der Waals surface area contributed by atoms with Crippen LogP contribution >= 0.6 is 0 Å². The van der Waals surface area contributed by atoms with Crippen LogP contribution in [0.4, 0.5) is 15.0 Å². The lowest BCUT2D eigenvalue weighted by Crippen LogP contribution is -2.43. The number of Topliss-reactive ketones (excluding diaryl/α,β-unsaturated/α-hetero) is 1. The standard InChI is InChI=1S/C27H27FN6O2/c1-16-23(17-14-29-33(4)15-17)32-34(19-8-6-5-7-9-19)25(16)31-26(36)30-24-20-12-18(28)10-11-21(20)27(2,3)13-22(24)35/h5-12,14-15,24H,13H2,1-4H3,(H2,30,31,36). The van der Waals surface area contributed by atoms with Crippen LogP contribution in [0.25, 0.3) is 16.9 Å². The van der Waals surface area contributed by atoms with Crippen molar-refractivity contribution in [2.24, 2.45) is 7.05 Å². The number of aromatic nitrogens is 4. The predicted octanol–water partition coefficient (Wildman–Crippen LogP) is 4.83. The Morgan fingerprint density at radius 2 is 1.92 bits per heavy atom. The highest BCUT2D eigenvalue weighted by Crippen LogP contribution is 2.40. The van der Waals surface area contributed by atoms with E-state index in [9.17, 15) is 14.0 Å². The normalized spacial score (nSPS) is 16.5. The molecule has 36 heavy (non-hydrogen) atoms. The van der Waals surface area contributed by atoms with E-state index in [0.29, 0.717) is 17.1 Å². The molecule has 0 radical (unpaired) electrons. The zero-order chi connectivity index (χ0) is 25.6. The van der Waals surface area contributed by atoms with Gasteiger partial charge < -0.3 is 5.32 Å². The Balaban J connectivity index is 1.50.